The second-order valence-corrected chi connectivity index (χ2v) is 6.13. The van der Waals surface area contributed by atoms with E-state index in [1.165, 1.54) is 0 Å². The number of hydrogen-bond acceptors (Lipinski definition) is 5. The number of anilines is 1. The van der Waals surface area contributed by atoms with E-state index in [-0.39, 0.29) is 6.04 Å². The fourth-order valence-electron chi connectivity index (χ4n) is 2.35. The number of hydrogen-bond donors (Lipinski definition) is 1. The highest BCUT2D eigenvalue weighted by molar-refractivity contribution is 14.1. The minimum atomic E-state index is 0.285. The highest BCUT2D eigenvalue weighted by atomic mass is 127. The maximum Gasteiger partial charge on any atom is 0.149 e. The minimum Gasteiger partial charge on any atom is -0.372 e. The Morgan fingerprint density at radius 1 is 1.32 bits per heavy atom. The topological polar surface area (TPSA) is 44.3 Å². The third-order valence-electron chi connectivity index (χ3n) is 3.66. The van der Waals surface area contributed by atoms with Crippen LogP contribution in [0.5, 0.6) is 0 Å². The van der Waals surface area contributed by atoms with Crippen molar-refractivity contribution >= 4 is 28.4 Å². The molecule has 2 heterocycles. The van der Waals surface area contributed by atoms with Crippen LogP contribution in [0, 0.1) is 3.57 Å². The zero-order chi connectivity index (χ0) is 14.0. The molecule has 1 aromatic rings. The Morgan fingerprint density at radius 3 is 2.68 bits per heavy atom. The fourth-order valence-corrected chi connectivity index (χ4v) is 3.24. The molecular formula is C13H22IN5. The van der Waals surface area contributed by atoms with Crippen LogP contribution in [0.2, 0.25) is 0 Å². The second-order valence-electron chi connectivity index (χ2n) is 5.05. The Bertz CT molecular complexity index is 426. The SMILES string of the molecule is CCc1nc(C2CN(C)CCN2C)nc(NC)c1I. The molecule has 0 radical (unpaired) electrons. The molecule has 0 aliphatic carbocycles. The van der Waals surface area contributed by atoms with Gasteiger partial charge in [-0.2, -0.15) is 0 Å². The summed E-state index contributed by atoms with van der Waals surface area (Å²) >= 11 is 2.33. The van der Waals surface area contributed by atoms with Crippen molar-refractivity contribution in [3.05, 3.63) is 15.1 Å². The molecule has 0 saturated carbocycles. The third kappa shape index (κ3) is 3.17. The van der Waals surface area contributed by atoms with E-state index in [0.29, 0.717) is 0 Å². The van der Waals surface area contributed by atoms with Crippen molar-refractivity contribution in [3.8, 4) is 0 Å². The standard InChI is InChI=1S/C13H22IN5/c1-5-9-11(14)13(15-2)17-12(16-9)10-8-18(3)6-7-19(10)4/h10H,5-8H2,1-4H3,(H,15,16,17). The number of rotatable bonds is 3. The van der Waals surface area contributed by atoms with Gasteiger partial charge in [-0.25, -0.2) is 9.97 Å². The van der Waals surface area contributed by atoms with Gasteiger partial charge in [-0.3, -0.25) is 4.90 Å². The van der Waals surface area contributed by atoms with Gasteiger partial charge in [0, 0.05) is 26.7 Å². The Labute approximate surface area is 128 Å². The van der Waals surface area contributed by atoms with Gasteiger partial charge < -0.3 is 10.2 Å². The number of piperazine rings is 1. The maximum atomic E-state index is 4.78. The summed E-state index contributed by atoms with van der Waals surface area (Å²) in [4.78, 5) is 14.2. The molecule has 0 aromatic carbocycles. The Hall–Kier alpha value is -0.470. The molecule has 1 atom stereocenters. The van der Waals surface area contributed by atoms with Crippen molar-refractivity contribution in [1.29, 1.82) is 0 Å². The second kappa shape index (κ2) is 6.32. The summed E-state index contributed by atoms with van der Waals surface area (Å²) < 4.78 is 1.14. The average molecular weight is 375 g/mol. The molecule has 19 heavy (non-hydrogen) atoms. The van der Waals surface area contributed by atoms with E-state index in [1.807, 2.05) is 7.05 Å². The molecule has 1 saturated heterocycles. The molecule has 0 amide bonds. The van der Waals surface area contributed by atoms with Crippen molar-refractivity contribution in [1.82, 2.24) is 19.8 Å². The summed E-state index contributed by atoms with van der Waals surface area (Å²) in [5, 5.41) is 3.18. The molecule has 5 nitrogen and oxygen atoms in total. The van der Waals surface area contributed by atoms with Gasteiger partial charge in [0.25, 0.3) is 0 Å². The Kier molecular flexibility index (Phi) is 4.97. The number of aromatic nitrogens is 2. The largest absolute Gasteiger partial charge is 0.372 e. The lowest BCUT2D eigenvalue weighted by Crippen LogP contribution is -2.45. The van der Waals surface area contributed by atoms with Crippen LogP contribution in [0.1, 0.15) is 24.5 Å². The highest BCUT2D eigenvalue weighted by Gasteiger charge is 2.27. The zero-order valence-electron chi connectivity index (χ0n) is 12.1. The van der Waals surface area contributed by atoms with Crippen LogP contribution in [0.15, 0.2) is 0 Å². The summed E-state index contributed by atoms with van der Waals surface area (Å²) in [6.07, 6.45) is 0.939. The molecule has 6 heteroatoms. The maximum absolute atomic E-state index is 4.78. The van der Waals surface area contributed by atoms with Gasteiger partial charge in [-0.05, 0) is 43.1 Å². The summed E-state index contributed by atoms with van der Waals surface area (Å²) in [6.45, 7) is 5.30. The quantitative estimate of drug-likeness (QED) is 0.814. The van der Waals surface area contributed by atoms with Gasteiger partial charge in [-0.15, -0.1) is 0 Å². The first-order valence-corrected chi connectivity index (χ1v) is 7.77. The molecular weight excluding hydrogens is 353 g/mol. The Balaban J connectivity index is 2.38. The van der Waals surface area contributed by atoms with Crippen LogP contribution >= 0.6 is 22.6 Å². The minimum absolute atomic E-state index is 0.285. The normalized spacial score (nSPS) is 21.6. The lowest BCUT2D eigenvalue weighted by atomic mass is 10.1. The molecule has 1 N–H and O–H groups in total. The summed E-state index contributed by atoms with van der Waals surface area (Å²) in [6, 6.07) is 0.285. The van der Waals surface area contributed by atoms with Crippen molar-refractivity contribution in [2.24, 2.45) is 0 Å². The lowest BCUT2D eigenvalue weighted by Gasteiger charge is -2.36. The first-order valence-electron chi connectivity index (χ1n) is 6.69. The van der Waals surface area contributed by atoms with Crippen LogP contribution in [0.3, 0.4) is 0 Å². The number of aryl methyl sites for hydroxylation is 1. The summed E-state index contributed by atoms with van der Waals surface area (Å²) in [5.41, 5.74) is 1.14. The monoisotopic (exact) mass is 375 g/mol. The highest BCUT2D eigenvalue weighted by Crippen LogP contribution is 2.25. The molecule has 0 bridgehead atoms. The van der Waals surface area contributed by atoms with Crippen LogP contribution in [-0.4, -0.2) is 60.5 Å². The Morgan fingerprint density at radius 2 is 2.05 bits per heavy atom. The molecule has 1 aliphatic rings. The number of halogens is 1. The summed E-state index contributed by atoms with van der Waals surface area (Å²) in [5.74, 6) is 1.89. The first-order chi connectivity index (χ1) is 9.06. The predicted molar refractivity (Wildman–Crippen MR) is 86.5 cm³/mol. The van der Waals surface area contributed by atoms with Gasteiger partial charge in [0.15, 0.2) is 0 Å². The van der Waals surface area contributed by atoms with Gasteiger partial charge >= 0.3 is 0 Å². The van der Waals surface area contributed by atoms with Gasteiger partial charge in [0.2, 0.25) is 0 Å². The van der Waals surface area contributed by atoms with Crippen LogP contribution < -0.4 is 5.32 Å². The van der Waals surface area contributed by atoms with E-state index in [1.54, 1.807) is 0 Å². The van der Waals surface area contributed by atoms with E-state index in [9.17, 15) is 0 Å². The number of nitrogens with one attached hydrogen (secondary N) is 1. The van der Waals surface area contributed by atoms with E-state index < -0.39 is 0 Å². The molecule has 1 aliphatic heterocycles. The first kappa shape index (κ1) is 14.9. The fraction of sp³-hybridized carbons (Fsp3) is 0.692. The predicted octanol–water partition coefficient (Wildman–Crippen LogP) is 1.60. The average Bonchev–Trinajstić information content (AvgIpc) is 2.42. The lowest BCUT2D eigenvalue weighted by molar-refractivity contribution is 0.109. The van der Waals surface area contributed by atoms with Crippen molar-refractivity contribution in [2.75, 3.05) is 46.1 Å². The van der Waals surface area contributed by atoms with Crippen molar-refractivity contribution in [2.45, 2.75) is 19.4 Å². The van der Waals surface area contributed by atoms with E-state index in [4.69, 9.17) is 9.97 Å². The number of nitrogens with zero attached hydrogens (tertiary/aromatic N) is 4. The van der Waals surface area contributed by atoms with E-state index in [0.717, 1.165) is 47.0 Å². The van der Waals surface area contributed by atoms with Crippen LogP contribution in [-0.2, 0) is 6.42 Å². The smallest absolute Gasteiger partial charge is 0.149 e. The van der Waals surface area contributed by atoms with Gasteiger partial charge in [0.05, 0.1) is 15.3 Å². The van der Waals surface area contributed by atoms with E-state index >= 15 is 0 Å². The van der Waals surface area contributed by atoms with Crippen LogP contribution in [0.25, 0.3) is 0 Å². The van der Waals surface area contributed by atoms with Gasteiger partial charge in [-0.1, -0.05) is 6.92 Å². The van der Waals surface area contributed by atoms with Crippen molar-refractivity contribution in [3.63, 3.8) is 0 Å². The van der Waals surface area contributed by atoms with Crippen LogP contribution in [0.4, 0.5) is 5.82 Å². The van der Waals surface area contributed by atoms with Crippen molar-refractivity contribution < 1.29 is 0 Å². The summed E-state index contributed by atoms with van der Waals surface area (Å²) in [7, 11) is 6.24. The molecule has 2 rings (SSSR count). The molecule has 1 fully saturated rings. The molecule has 1 aromatic heterocycles. The number of likely N-dealkylation sites (N-methyl/N-ethyl adjacent to an activating group) is 2. The zero-order valence-corrected chi connectivity index (χ0v) is 14.2. The molecule has 106 valence electrons. The van der Waals surface area contributed by atoms with Gasteiger partial charge in [0.1, 0.15) is 11.6 Å². The molecule has 1 unspecified atom stereocenters. The third-order valence-corrected chi connectivity index (χ3v) is 4.79. The molecule has 0 spiro atoms. The van der Waals surface area contributed by atoms with E-state index in [2.05, 4.69) is 58.7 Å².